The first-order chi connectivity index (χ1) is 9.99. The summed E-state index contributed by atoms with van der Waals surface area (Å²) in [6.45, 7) is 4.68. The first-order valence-corrected chi connectivity index (χ1v) is 8.30. The lowest BCUT2D eigenvalue weighted by Gasteiger charge is -2.27. The number of piperazine rings is 1. The lowest BCUT2D eigenvalue weighted by atomic mass is 10.2. The number of hydrogen-bond acceptors (Lipinski definition) is 5. The number of sulfonamides is 1. The molecule has 2 rings (SSSR count). The quantitative estimate of drug-likeness (QED) is 0.623. The second-order valence-electron chi connectivity index (χ2n) is 4.88. The van der Waals surface area contributed by atoms with Gasteiger partial charge in [-0.1, -0.05) is 6.07 Å². The lowest BCUT2D eigenvalue weighted by molar-refractivity contribution is 0.1000. The van der Waals surface area contributed by atoms with Gasteiger partial charge in [-0.25, -0.2) is 13.1 Å². The molecule has 0 unspecified atom stereocenters. The van der Waals surface area contributed by atoms with Crippen LogP contribution < -0.4 is 15.8 Å². The second kappa shape index (κ2) is 6.99. The van der Waals surface area contributed by atoms with E-state index in [2.05, 4.69) is 14.9 Å². The van der Waals surface area contributed by atoms with Gasteiger partial charge in [0.2, 0.25) is 15.9 Å². The van der Waals surface area contributed by atoms with E-state index < -0.39 is 15.9 Å². The normalized spacial score (nSPS) is 16.8. The average molecular weight is 312 g/mol. The Morgan fingerprint density at radius 1 is 1.33 bits per heavy atom. The Morgan fingerprint density at radius 2 is 2.05 bits per heavy atom. The van der Waals surface area contributed by atoms with Gasteiger partial charge in [-0.15, -0.1) is 0 Å². The third kappa shape index (κ3) is 4.50. The minimum absolute atomic E-state index is 0.0547. The van der Waals surface area contributed by atoms with Crippen LogP contribution in [0.3, 0.4) is 0 Å². The van der Waals surface area contributed by atoms with Crippen LogP contribution in [0.15, 0.2) is 29.2 Å². The van der Waals surface area contributed by atoms with Crippen LogP contribution in [-0.2, 0) is 10.0 Å². The zero-order chi connectivity index (χ0) is 15.3. The first-order valence-electron chi connectivity index (χ1n) is 6.82. The maximum atomic E-state index is 12.2. The van der Waals surface area contributed by atoms with Gasteiger partial charge in [0, 0.05) is 44.8 Å². The van der Waals surface area contributed by atoms with E-state index in [9.17, 15) is 13.2 Å². The van der Waals surface area contributed by atoms with Crippen LogP contribution in [0.4, 0.5) is 0 Å². The van der Waals surface area contributed by atoms with Crippen molar-refractivity contribution in [2.24, 2.45) is 5.73 Å². The lowest BCUT2D eigenvalue weighted by Crippen LogP contribution is -2.46. The number of amides is 1. The standard InChI is InChI=1S/C13H20N4O3S/c14-13(18)11-2-1-3-12(10-11)21(19,20)16-6-9-17-7-4-15-5-8-17/h1-3,10,15-16H,4-9H2,(H2,14,18). The van der Waals surface area contributed by atoms with Gasteiger partial charge in [0.15, 0.2) is 0 Å². The van der Waals surface area contributed by atoms with Crippen molar-refractivity contribution >= 4 is 15.9 Å². The van der Waals surface area contributed by atoms with Crippen LogP contribution in [0, 0.1) is 0 Å². The molecule has 1 aliphatic rings. The van der Waals surface area contributed by atoms with E-state index in [1.807, 2.05) is 0 Å². The van der Waals surface area contributed by atoms with E-state index in [4.69, 9.17) is 5.73 Å². The van der Waals surface area contributed by atoms with E-state index in [0.717, 1.165) is 26.2 Å². The Bertz CT molecular complexity index is 597. The van der Waals surface area contributed by atoms with E-state index >= 15 is 0 Å². The molecule has 0 atom stereocenters. The van der Waals surface area contributed by atoms with Gasteiger partial charge in [0.05, 0.1) is 4.90 Å². The number of carbonyl (C=O) groups excluding carboxylic acids is 1. The van der Waals surface area contributed by atoms with Crippen LogP contribution in [-0.4, -0.2) is 58.5 Å². The Labute approximate surface area is 124 Å². The predicted molar refractivity (Wildman–Crippen MR) is 79.5 cm³/mol. The zero-order valence-electron chi connectivity index (χ0n) is 11.7. The number of nitrogens with zero attached hydrogens (tertiary/aromatic N) is 1. The SMILES string of the molecule is NC(=O)c1cccc(S(=O)(=O)NCCN2CCNCC2)c1. The molecule has 116 valence electrons. The van der Waals surface area contributed by atoms with Crippen molar-refractivity contribution in [2.45, 2.75) is 4.90 Å². The molecule has 7 nitrogen and oxygen atoms in total. The largest absolute Gasteiger partial charge is 0.366 e. The van der Waals surface area contributed by atoms with Gasteiger partial charge in [-0.05, 0) is 18.2 Å². The zero-order valence-corrected chi connectivity index (χ0v) is 12.5. The molecule has 0 aromatic heterocycles. The van der Waals surface area contributed by atoms with Crippen LogP contribution in [0.2, 0.25) is 0 Å². The molecule has 8 heteroatoms. The highest BCUT2D eigenvalue weighted by atomic mass is 32.2. The van der Waals surface area contributed by atoms with Crippen molar-refractivity contribution in [3.8, 4) is 0 Å². The summed E-state index contributed by atoms with van der Waals surface area (Å²) in [6, 6.07) is 5.72. The predicted octanol–water partition coefficient (Wildman–Crippen LogP) is -1.03. The summed E-state index contributed by atoms with van der Waals surface area (Å²) in [5.74, 6) is -0.645. The molecule has 0 saturated carbocycles. The van der Waals surface area contributed by atoms with Gasteiger partial charge >= 0.3 is 0 Å². The molecule has 1 aliphatic heterocycles. The summed E-state index contributed by atoms with van der Waals surface area (Å²) in [4.78, 5) is 13.3. The number of nitrogens with two attached hydrogens (primary N) is 1. The smallest absolute Gasteiger partial charge is 0.248 e. The third-order valence-corrected chi connectivity index (χ3v) is 4.82. The number of hydrogen-bond donors (Lipinski definition) is 3. The molecule has 1 aromatic carbocycles. The Morgan fingerprint density at radius 3 is 2.71 bits per heavy atom. The van der Waals surface area contributed by atoms with Gasteiger partial charge in [-0.2, -0.15) is 0 Å². The summed E-state index contributed by atoms with van der Waals surface area (Å²) in [5.41, 5.74) is 5.34. The number of benzene rings is 1. The van der Waals surface area contributed by atoms with Gasteiger partial charge in [0.25, 0.3) is 0 Å². The maximum Gasteiger partial charge on any atom is 0.248 e. The molecule has 21 heavy (non-hydrogen) atoms. The molecule has 1 heterocycles. The molecule has 1 fully saturated rings. The Hall–Kier alpha value is -1.48. The molecule has 0 aliphatic carbocycles. The average Bonchev–Trinajstić information content (AvgIpc) is 2.48. The van der Waals surface area contributed by atoms with Crippen LogP contribution in [0.25, 0.3) is 0 Å². The van der Waals surface area contributed by atoms with E-state index in [-0.39, 0.29) is 10.5 Å². The van der Waals surface area contributed by atoms with Crippen molar-refractivity contribution in [2.75, 3.05) is 39.3 Å². The van der Waals surface area contributed by atoms with Crippen molar-refractivity contribution < 1.29 is 13.2 Å². The number of nitrogens with one attached hydrogen (secondary N) is 2. The topological polar surface area (TPSA) is 105 Å². The first kappa shape index (κ1) is 15.9. The minimum atomic E-state index is -3.62. The summed E-state index contributed by atoms with van der Waals surface area (Å²) in [6.07, 6.45) is 0. The van der Waals surface area contributed by atoms with Crippen LogP contribution in [0.1, 0.15) is 10.4 Å². The van der Waals surface area contributed by atoms with Crippen LogP contribution >= 0.6 is 0 Å². The molecule has 1 saturated heterocycles. The maximum absolute atomic E-state index is 12.2. The fourth-order valence-corrected chi connectivity index (χ4v) is 3.24. The van der Waals surface area contributed by atoms with Crippen molar-refractivity contribution in [1.82, 2.24) is 14.9 Å². The van der Waals surface area contributed by atoms with Crippen LogP contribution in [0.5, 0.6) is 0 Å². The fraction of sp³-hybridized carbons (Fsp3) is 0.462. The molecule has 1 aromatic rings. The molecule has 0 spiro atoms. The van der Waals surface area contributed by atoms with Gasteiger partial charge in [-0.3, -0.25) is 9.69 Å². The van der Waals surface area contributed by atoms with E-state index in [1.165, 1.54) is 24.3 Å². The number of primary amides is 1. The van der Waals surface area contributed by atoms with E-state index in [1.54, 1.807) is 0 Å². The van der Waals surface area contributed by atoms with Crippen molar-refractivity contribution in [3.63, 3.8) is 0 Å². The highest BCUT2D eigenvalue weighted by Crippen LogP contribution is 2.11. The summed E-state index contributed by atoms with van der Waals surface area (Å²) in [5, 5.41) is 3.24. The minimum Gasteiger partial charge on any atom is -0.366 e. The second-order valence-corrected chi connectivity index (χ2v) is 6.65. The highest BCUT2D eigenvalue weighted by Gasteiger charge is 2.16. The van der Waals surface area contributed by atoms with Crippen molar-refractivity contribution in [1.29, 1.82) is 0 Å². The number of rotatable bonds is 6. The molecule has 1 amide bonds. The summed E-state index contributed by atoms with van der Waals surface area (Å²) in [7, 11) is -3.62. The van der Waals surface area contributed by atoms with Crippen molar-refractivity contribution in [3.05, 3.63) is 29.8 Å². The number of carbonyl (C=O) groups is 1. The molecule has 4 N–H and O–H groups in total. The molecule has 0 radical (unpaired) electrons. The third-order valence-electron chi connectivity index (χ3n) is 3.36. The Kier molecular flexibility index (Phi) is 5.29. The fourth-order valence-electron chi connectivity index (χ4n) is 2.17. The highest BCUT2D eigenvalue weighted by molar-refractivity contribution is 7.89. The molecular formula is C13H20N4O3S. The van der Waals surface area contributed by atoms with Gasteiger partial charge < -0.3 is 11.1 Å². The molecular weight excluding hydrogens is 292 g/mol. The van der Waals surface area contributed by atoms with E-state index in [0.29, 0.717) is 13.1 Å². The monoisotopic (exact) mass is 312 g/mol. The summed E-state index contributed by atoms with van der Waals surface area (Å²) < 4.78 is 26.9. The molecule has 0 bridgehead atoms. The Balaban J connectivity index is 1.94. The van der Waals surface area contributed by atoms with Gasteiger partial charge in [0.1, 0.15) is 0 Å². The summed E-state index contributed by atoms with van der Waals surface area (Å²) >= 11 is 0.